The molecule has 3 aromatic rings. The normalized spacial score (nSPS) is 10.5. The van der Waals surface area contributed by atoms with Gasteiger partial charge in [0.2, 0.25) is 0 Å². The van der Waals surface area contributed by atoms with Crippen molar-refractivity contribution in [1.29, 1.82) is 0 Å². The topological polar surface area (TPSA) is 77.5 Å². The van der Waals surface area contributed by atoms with Crippen LogP contribution in [0.5, 0.6) is 5.75 Å². The fraction of sp³-hybridized carbons (Fsp3) is 0.227. The Bertz CT molecular complexity index is 1010. The molecule has 0 aliphatic carbocycles. The van der Waals surface area contributed by atoms with Crippen molar-refractivity contribution in [3.05, 3.63) is 65.4 Å². The van der Waals surface area contributed by atoms with E-state index < -0.39 is 5.97 Å². The third-order valence-corrected chi connectivity index (χ3v) is 4.33. The molecule has 0 fully saturated rings. The van der Waals surface area contributed by atoms with E-state index >= 15 is 0 Å². The molecule has 0 unspecified atom stereocenters. The SMILES string of the molecule is CCc1ccc(NC(=O)COc2cc(C(=O)OC)nc3ccc(C)cc23)cc1. The number of anilines is 1. The summed E-state index contributed by atoms with van der Waals surface area (Å²) in [6, 6.07) is 14.8. The highest BCUT2D eigenvalue weighted by molar-refractivity contribution is 5.95. The van der Waals surface area contributed by atoms with Crippen LogP contribution in [0.15, 0.2) is 48.5 Å². The van der Waals surface area contributed by atoms with Gasteiger partial charge in [-0.3, -0.25) is 4.79 Å². The quantitative estimate of drug-likeness (QED) is 0.658. The number of benzene rings is 2. The summed E-state index contributed by atoms with van der Waals surface area (Å²) in [5.74, 6) is -0.445. The standard InChI is InChI=1S/C22H22N2O4/c1-4-15-6-8-16(9-7-15)23-21(25)13-28-20-12-19(22(26)27-3)24-18-10-5-14(2)11-17(18)20/h5-12H,4,13H2,1-3H3,(H,23,25). The highest BCUT2D eigenvalue weighted by Crippen LogP contribution is 2.27. The highest BCUT2D eigenvalue weighted by atomic mass is 16.5. The molecule has 144 valence electrons. The maximum absolute atomic E-state index is 12.3. The number of nitrogens with one attached hydrogen (secondary N) is 1. The first-order chi connectivity index (χ1) is 13.5. The van der Waals surface area contributed by atoms with Crippen LogP contribution in [0.1, 0.15) is 28.5 Å². The molecule has 1 aromatic heterocycles. The van der Waals surface area contributed by atoms with Gasteiger partial charge in [0, 0.05) is 17.1 Å². The molecule has 2 aromatic carbocycles. The molecule has 0 saturated carbocycles. The zero-order valence-corrected chi connectivity index (χ0v) is 16.1. The molecule has 0 spiro atoms. The van der Waals surface area contributed by atoms with Gasteiger partial charge in [-0.05, 0) is 43.2 Å². The molecular formula is C22H22N2O4. The first kappa shape index (κ1) is 19.4. The third kappa shape index (κ3) is 4.46. The van der Waals surface area contributed by atoms with Gasteiger partial charge < -0.3 is 14.8 Å². The van der Waals surface area contributed by atoms with Gasteiger partial charge >= 0.3 is 5.97 Å². The van der Waals surface area contributed by atoms with Gasteiger partial charge in [-0.1, -0.05) is 30.7 Å². The molecule has 3 rings (SSSR count). The molecule has 0 saturated heterocycles. The molecule has 0 aliphatic heterocycles. The molecule has 0 atom stereocenters. The van der Waals surface area contributed by atoms with Crippen LogP contribution in [0, 0.1) is 6.92 Å². The number of amides is 1. The molecule has 1 heterocycles. The maximum atomic E-state index is 12.3. The summed E-state index contributed by atoms with van der Waals surface area (Å²) in [7, 11) is 1.29. The number of methoxy groups -OCH3 is 1. The van der Waals surface area contributed by atoms with Crippen LogP contribution in [0.3, 0.4) is 0 Å². The summed E-state index contributed by atoms with van der Waals surface area (Å²) in [6.45, 7) is 3.83. The molecule has 6 heteroatoms. The van der Waals surface area contributed by atoms with E-state index in [4.69, 9.17) is 9.47 Å². The Morgan fingerprint density at radius 2 is 1.82 bits per heavy atom. The second-order valence-corrected chi connectivity index (χ2v) is 6.41. The van der Waals surface area contributed by atoms with Crippen LogP contribution in [-0.2, 0) is 16.0 Å². The van der Waals surface area contributed by atoms with Crippen LogP contribution in [-0.4, -0.2) is 30.6 Å². The van der Waals surface area contributed by atoms with E-state index in [9.17, 15) is 9.59 Å². The van der Waals surface area contributed by atoms with Gasteiger partial charge in [-0.25, -0.2) is 9.78 Å². The van der Waals surface area contributed by atoms with Crippen molar-refractivity contribution in [3.8, 4) is 5.75 Å². The second kappa shape index (κ2) is 8.52. The van der Waals surface area contributed by atoms with Crippen molar-refractivity contribution in [1.82, 2.24) is 4.98 Å². The monoisotopic (exact) mass is 378 g/mol. The summed E-state index contributed by atoms with van der Waals surface area (Å²) in [4.78, 5) is 28.5. The van der Waals surface area contributed by atoms with Gasteiger partial charge in [0.25, 0.3) is 5.91 Å². The number of ether oxygens (including phenoxy) is 2. The first-order valence-electron chi connectivity index (χ1n) is 9.01. The van der Waals surface area contributed by atoms with E-state index in [1.165, 1.54) is 18.7 Å². The highest BCUT2D eigenvalue weighted by Gasteiger charge is 2.14. The predicted octanol–water partition coefficient (Wildman–Crippen LogP) is 3.91. The number of aryl methyl sites for hydroxylation is 2. The first-order valence-corrected chi connectivity index (χ1v) is 9.01. The number of esters is 1. The van der Waals surface area contributed by atoms with E-state index in [1.807, 2.05) is 43.3 Å². The van der Waals surface area contributed by atoms with Crippen LogP contribution < -0.4 is 10.1 Å². The van der Waals surface area contributed by atoms with E-state index in [1.54, 1.807) is 6.07 Å². The Morgan fingerprint density at radius 3 is 2.50 bits per heavy atom. The van der Waals surface area contributed by atoms with E-state index in [0.29, 0.717) is 17.0 Å². The Morgan fingerprint density at radius 1 is 1.07 bits per heavy atom. The average Bonchev–Trinajstić information content (AvgIpc) is 2.71. The Hall–Kier alpha value is -3.41. The summed E-state index contributed by atoms with van der Waals surface area (Å²) in [5.41, 5.74) is 3.65. The minimum absolute atomic E-state index is 0.129. The fourth-order valence-electron chi connectivity index (χ4n) is 2.80. The van der Waals surface area contributed by atoms with Gasteiger partial charge in [0.1, 0.15) is 5.75 Å². The van der Waals surface area contributed by atoms with Crippen LogP contribution in [0.25, 0.3) is 10.9 Å². The number of hydrogen-bond donors (Lipinski definition) is 1. The third-order valence-electron chi connectivity index (χ3n) is 4.33. The van der Waals surface area contributed by atoms with E-state index in [-0.39, 0.29) is 18.2 Å². The number of pyridine rings is 1. The van der Waals surface area contributed by atoms with E-state index in [0.717, 1.165) is 17.4 Å². The summed E-state index contributed by atoms with van der Waals surface area (Å²) in [5, 5.41) is 3.53. The van der Waals surface area contributed by atoms with Crippen molar-refractivity contribution >= 4 is 28.5 Å². The van der Waals surface area contributed by atoms with Crippen molar-refractivity contribution in [3.63, 3.8) is 0 Å². The van der Waals surface area contributed by atoms with Gasteiger partial charge in [0.05, 0.1) is 12.6 Å². The molecule has 0 radical (unpaired) electrons. The van der Waals surface area contributed by atoms with Crippen molar-refractivity contribution in [2.24, 2.45) is 0 Å². The van der Waals surface area contributed by atoms with Crippen LogP contribution >= 0.6 is 0 Å². The fourth-order valence-corrected chi connectivity index (χ4v) is 2.80. The molecule has 6 nitrogen and oxygen atoms in total. The largest absolute Gasteiger partial charge is 0.483 e. The average molecular weight is 378 g/mol. The van der Waals surface area contributed by atoms with Crippen LogP contribution in [0.2, 0.25) is 0 Å². The van der Waals surface area contributed by atoms with Crippen molar-refractivity contribution < 1.29 is 19.1 Å². The number of nitrogens with zero attached hydrogens (tertiary/aromatic N) is 1. The Kier molecular flexibility index (Phi) is 5.89. The number of carbonyl (C=O) groups is 2. The lowest BCUT2D eigenvalue weighted by Gasteiger charge is -2.12. The van der Waals surface area contributed by atoms with Crippen molar-refractivity contribution in [2.75, 3.05) is 19.0 Å². The summed E-state index contributed by atoms with van der Waals surface area (Å²) < 4.78 is 10.5. The molecule has 28 heavy (non-hydrogen) atoms. The summed E-state index contributed by atoms with van der Waals surface area (Å²) in [6.07, 6.45) is 0.939. The zero-order chi connectivity index (χ0) is 20.1. The molecule has 0 bridgehead atoms. The Balaban J connectivity index is 1.79. The zero-order valence-electron chi connectivity index (χ0n) is 16.1. The lowest BCUT2D eigenvalue weighted by atomic mass is 10.1. The van der Waals surface area contributed by atoms with E-state index in [2.05, 4.69) is 17.2 Å². The number of carbonyl (C=O) groups excluding carboxylic acids is 2. The van der Waals surface area contributed by atoms with Crippen molar-refractivity contribution in [2.45, 2.75) is 20.3 Å². The number of aromatic nitrogens is 1. The minimum atomic E-state index is -0.562. The number of rotatable bonds is 6. The number of fused-ring (bicyclic) bond motifs is 1. The van der Waals surface area contributed by atoms with Gasteiger partial charge in [-0.2, -0.15) is 0 Å². The molecule has 0 aliphatic rings. The second-order valence-electron chi connectivity index (χ2n) is 6.41. The van der Waals surface area contributed by atoms with Gasteiger partial charge in [-0.15, -0.1) is 0 Å². The predicted molar refractivity (Wildman–Crippen MR) is 108 cm³/mol. The Labute approximate surface area is 163 Å². The molecular weight excluding hydrogens is 356 g/mol. The van der Waals surface area contributed by atoms with Gasteiger partial charge in [0.15, 0.2) is 12.3 Å². The number of hydrogen-bond acceptors (Lipinski definition) is 5. The molecule has 1 N–H and O–H groups in total. The minimum Gasteiger partial charge on any atom is -0.483 e. The lowest BCUT2D eigenvalue weighted by Crippen LogP contribution is -2.20. The molecule has 1 amide bonds. The smallest absolute Gasteiger partial charge is 0.356 e. The van der Waals surface area contributed by atoms with Crippen LogP contribution in [0.4, 0.5) is 5.69 Å². The maximum Gasteiger partial charge on any atom is 0.356 e. The lowest BCUT2D eigenvalue weighted by molar-refractivity contribution is -0.118. The summed E-state index contributed by atoms with van der Waals surface area (Å²) >= 11 is 0.